The summed E-state index contributed by atoms with van der Waals surface area (Å²) in [5.74, 6) is -2.56. The van der Waals surface area contributed by atoms with Gasteiger partial charge in [0.25, 0.3) is 5.92 Å². The van der Waals surface area contributed by atoms with Gasteiger partial charge in [0.15, 0.2) is 0 Å². The number of allylic oxidation sites excluding steroid dienone is 2. The molecule has 2 aliphatic rings. The van der Waals surface area contributed by atoms with Gasteiger partial charge in [0.2, 0.25) is 0 Å². The zero-order valence-electron chi connectivity index (χ0n) is 15.8. The van der Waals surface area contributed by atoms with E-state index in [1.54, 1.807) is 0 Å². The molecule has 0 saturated heterocycles. The molecule has 0 aromatic heterocycles. The predicted octanol–water partition coefficient (Wildman–Crippen LogP) is 7.93. The van der Waals surface area contributed by atoms with Crippen LogP contribution >= 0.6 is 0 Å². The van der Waals surface area contributed by atoms with Crippen LogP contribution in [0.2, 0.25) is 0 Å². The van der Waals surface area contributed by atoms with Crippen LogP contribution in [0.15, 0.2) is 11.1 Å². The van der Waals surface area contributed by atoms with Gasteiger partial charge in [-0.2, -0.15) is 0 Å². The first-order valence-electron chi connectivity index (χ1n) is 9.50. The highest BCUT2D eigenvalue weighted by Gasteiger charge is 2.41. The Hall–Kier alpha value is -0.400. The van der Waals surface area contributed by atoms with E-state index in [-0.39, 0.29) is 11.8 Å². The second-order valence-electron chi connectivity index (χ2n) is 6.90. The summed E-state index contributed by atoms with van der Waals surface area (Å²) in [4.78, 5) is 0. The summed E-state index contributed by atoms with van der Waals surface area (Å²) < 4.78 is 29.2. The van der Waals surface area contributed by atoms with E-state index in [4.69, 9.17) is 0 Å². The molecule has 0 spiro atoms. The summed E-state index contributed by atoms with van der Waals surface area (Å²) in [5, 5.41) is 0. The molecule has 0 aromatic rings. The van der Waals surface area contributed by atoms with Crippen molar-refractivity contribution in [3.05, 3.63) is 11.1 Å². The molecule has 0 fully saturated rings. The quantitative estimate of drug-likeness (QED) is 0.398. The third kappa shape index (κ3) is 6.79. The zero-order chi connectivity index (χ0) is 17.2. The highest BCUT2D eigenvalue weighted by Crippen LogP contribution is 2.46. The smallest absolute Gasteiger partial charge is 0.202 e. The molecular weight excluding hydrogens is 278 g/mol. The molecule has 22 heavy (non-hydrogen) atoms. The van der Waals surface area contributed by atoms with E-state index in [2.05, 4.69) is 0 Å². The lowest BCUT2D eigenvalue weighted by molar-refractivity contribution is -0.00911. The highest BCUT2D eigenvalue weighted by atomic mass is 19.3. The summed E-state index contributed by atoms with van der Waals surface area (Å²) in [6.45, 7) is 12.0. The Kier molecular flexibility index (Phi) is 10.2. The molecule has 0 radical (unpaired) electrons. The largest absolute Gasteiger partial charge is 0.270 e. The molecule has 2 heteroatoms. The Balaban J connectivity index is 0.00000102. The van der Waals surface area contributed by atoms with Crippen molar-refractivity contribution in [2.45, 2.75) is 112 Å². The Morgan fingerprint density at radius 3 is 1.82 bits per heavy atom. The van der Waals surface area contributed by atoms with Crippen LogP contribution in [0.25, 0.3) is 0 Å². The van der Waals surface area contributed by atoms with E-state index in [9.17, 15) is 8.78 Å². The third-order valence-corrected chi connectivity index (χ3v) is 4.56. The van der Waals surface area contributed by atoms with Crippen molar-refractivity contribution >= 4 is 0 Å². The molecular formula is C20H38F2. The van der Waals surface area contributed by atoms with Gasteiger partial charge in [-0.05, 0) is 55.9 Å². The second-order valence-corrected chi connectivity index (χ2v) is 6.90. The first-order chi connectivity index (χ1) is 10.4. The lowest BCUT2D eigenvalue weighted by atomic mass is 9.80. The van der Waals surface area contributed by atoms with Crippen LogP contribution in [0.5, 0.6) is 0 Å². The Labute approximate surface area is 137 Å². The van der Waals surface area contributed by atoms with Crippen LogP contribution in [0.4, 0.5) is 8.78 Å². The van der Waals surface area contributed by atoms with E-state index in [1.807, 2.05) is 41.5 Å². The first-order valence-corrected chi connectivity index (χ1v) is 9.50. The fourth-order valence-corrected chi connectivity index (χ4v) is 3.60. The lowest BCUT2D eigenvalue weighted by Crippen LogP contribution is -2.28. The number of rotatable bonds is 0. The van der Waals surface area contributed by atoms with Gasteiger partial charge in [0.1, 0.15) is 0 Å². The maximum absolute atomic E-state index is 14.6. The zero-order valence-corrected chi connectivity index (χ0v) is 15.8. The van der Waals surface area contributed by atoms with Crippen LogP contribution < -0.4 is 0 Å². The van der Waals surface area contributed by atoms with E-state index < -0.39 is 5.92 Å². The van der Waals surface area contributed by atoms with Crippen LogP contribution in [0.1, 0.15) is 106 Å². The number of hydrogen-bond donors (Lipinski definition) is 0. The first kappa shape index (κ1) is 21.6. The summed E-state index contributed by atoms with van der Waals surface area (Å²) in [6.07, 6.45) is 8.82. The molecule has 2 rings (SSSR count). The molecule has 132 valence electrons. The van der Waals surface area contributed by atoms with Gasteiger partial charge in [-0.15, -0.1) is 0 Å². The van der Waals surface area contributed by atoms with Gasteiger partial charge in [0.05, 0.1) is 0 Å². The molecule has 0 N–H and O–H groups in total. The van der Waals surface area contributed by atoms with Gasteiger partial charge < -0.3 is 0 Å². The van der Waals surface area contributed by atoms with Crippen molar-refractivity contribution in [1.82, 2.24) is 0 Å². The minimum atomic E-state index is -2.56. The number of alkyl halides is 2. The summed E-state index contributed by atoms with van der Waals surface area (Å²) in [7, 11) is 0. The molecule has 0 nitrogen and oxygen atoms in total. The maximum atomic E-state index is 14.6. The minimum absolute atomic E-state index is 0.0405. The topological polar surface area (TPSA) is 0 Å². The van der Waals surface area contributed by atoms with Crippen molar-refractivity contribution in [2.75, 3.05) is 0 Å². The fraction of sp³-hybridized carbons (Fsp3) is 0.900. The van der Waals surface area contributed by atoms with Crippen molar-refractivity contribution in [1.29, 1.82) is 0 Å². The fourth-order valence-electron chi connectivity index (χ4n) is 3.60. The molecule has 0 atom stereocenters. The Morgan fingerprint density at radius 1 is 0.727 bits per heavy atom. The average Bonchev–Trinajstić information content (AvgIpc) is 2.70. The van der Waals surface area contributed by atoms with Gasteiger partial charge in [-0.3, -0.25) is 0 Å². The Bertz CT molecular complexity index is 327. The summed E-state index contributed by atoms with van der Waals surface area (Å²) >= 11 is 0. The number of hydrogen-bond acceptors (Lipinski definition) is 0. The molecule has 0 bridgehead atoms. The van der Waals surface area contributed by atoms with Crippen LogP contribution in [0.3, 0.4) is 0 Å². The molecule has 0 aliphatic heterocycles. The van der Waals surface area contributed by atoms with Gasteiger partial charge in [-0.1, -0.05) is 60.0 Å². The van der Waals surface area contributed by atoms with Gasteiger partial charge >= 0.3 is 0 Å². The standard InChI is InChI=1S/C16H26F2.2C2H6/c1-15(2)11-7-6-9-13-8-4-3-5-10-14(13)16(17,18)12-15;2*1-2/h3-12H2,1-2H3;2*1-2H3. The van der Waals surface area contributed by atoms with Crippen molar-refractivity contribution in [3.63, 3.8) is 0 Å². The molecule has 0 aromatic carbocycles. The molecule has 0 amide bonds. The van der Waals surface area contributed by atoms with E-state index in [1.165, 1.54) is 0 Å². The SMILES string of the molecule is CC.CC.CC1(C)CCCCC2=C(CCCCC2)C(F)(F)C1. The summed E-state index contributed by atoms with van der Waals surface area (Å²) in [5.41, 5.74) is 1.41. The Morgan fingerprint density at radius 2 is 1.23 bits per heavy atom. The van der Waals surface area contributed by atoms with Crippen molar-refractivity contribution < 1.29 is 8.78 Å². The summed E-state index contributed by atoms with van der Waals surface area (Å²) in [6, 6.07) is 0. The van der Waals surface area contributed by atoms with E-state index in [0.29, 0.717) is 12.0 Å². The molecule has 0 unspecified atom stereocenters. The van der Waals surface area contributed by atoms with Crippen molar-refractivity contribution in [3.8, 4) is 0 Å². The van der Waals surface area contributed by atoms with Crippen LogP contribution in [-0.4, -0.2) is 5.92 Å². The minimum Gasteiger partial charge on any atom is -0.202 e. The molecule has 0 heterocycles. The predicted molar refractivity (Wildman–Crippen MR) is 94.6 cm³/mol. The van der Waals surface area contributed by atoms with E-state index in [0.717, 1.165) is 56.9 Å². The maximum Gasteiger partial charge on any atom is 0.270 e. The van der Waals surface area contributed by atoms with Gasteiger partial charge in [0, 0.05) is 6.42 Å². The normalized spacial score (nSPS) is 24.0. The third-order valence-electron chi connectivity index (χ3n) is 4.56. The lowest BCUT2D eigenvalue weighted by Gasteiger charge is -2.31. The molecule has 2 aliphatic carbocycles. The monoisotopic (exact) mass is 316 g/mol. The second kappa shape index (κ2) is 10.4. The van der Waals surface area contributed by atoms with Crippen LogP contribution in [0, 0.1) is 5.41 Å². The average molecular weight is 317 g/mol. The van der Waals surface area contributed by atoms with Crippen molar-refractivity contribution in [2.24, 2.45) is 5.41 Å². The van der Waals surface area contributed by atoms with Crippen LogP contribution in [-0.2, 0) is 0 Å². The van der Waals surface area contributed by atoms with E-state index >= 15 is 0 Å². The van der Waals surface area contributed by atoms with Gasteiger partial charge in [-0.25, -0.2) is 8.78 Å². The molecule has 0 saturated carbocycles. The number of halogens is 2. The highest BCUT2D eigenvalue weighted by molar-refractivity contribution is 5.24.